The van der Waals surface area contributed by atoms with Crippen molar-refractivity contribution in [1.29, 1.82) is 0 Å². The lowest BCUT2D eigenvalue weighted by Gasteiger charge is -2.16. The summed E-state index contributed by atoms with van der Waals surface area (Å²) in [6.07, 6.45) is -0.154. The molecule has 0 atom stereocenters. The summed E-state index contributed by atoms with van der Waals surface area (Å²) in [6.45, 7) is 3.72. The lowest BCUT2D eigenvalue weighted by Crippen LogP contribution is -2.26. The van der Waals surface area contributed by atoms with Crippen LogP contribution in [0.25, 0.3) is 28.3 Å². The predicted molar refractivity (Wildman–Crippen MR) is 140 cm³/mol. The maximum absolute atomic E-state index is 12.6. The number of carboxylic acids is 1. The molecule has 0 spiro atoms. The summed E-state index contributed by atoms with van der Waals surface area (Å²) in [4.78, 5) is 30.4. The summed E-state index contributed by atoms with van der Waals surface area (Å²) in [5, 5.41) is 25.9. The number of nitrogens with two attached hydrogens (primary N) is 1. The first-order valence-electron chi connectivity index (χ1n) is 11.6. The second-order valence-electron chi connectivity index (χ2n) is 9.07. The van der Waals surface area contributed by atoms with Gasteiger partial charge in [0.15, 0.2) is 5.82 Å². The molecule has 0 bridgehead atoms. The molecule has 4 aromatic rings. The molecular formula is C25H26F3N7O6. The Morgan fingerprint density at radius 2 is 1.66 bits per heavy atom. The van der Waals surface area contributed by atoms with Gasteiger partial charge < -0.3 is 25.4 Å². The third kappa shape index (κ3) is 8.01. The van der Waals surface area contributed by atoms with Gasteiger partial charge in [0.2, 0.25) is 0 Å². The number of rotatable bonds is 7. The van der Waals surface area contributed by atoms with Gasteiger partial charge in [0.25, 0.3) is 5.56 Å². The normalized spacial score (nSPS) is 11.4. The van der Waals surface area contributed by atoms with Crippen LogP contribution >= 0.6 is 0 Å². The maximum Gasteiger partial charge on any atom is 0.490 e. The number of methoxy groups -OCH3 is 2. The van der Waals surface area contributed by atoms with Crippen molar-refractivity contribution in [2.75, 3.05) is 20.0 Å². The van der Waals surface area contributed by atoms with E-state index in [0.29, 0.717) is 46.4 Å². The summed E-state index contributed by atoms with van der Waals surface area (Å²) >= 11 is 0. The van der Waals surface area contributed by atoms with Gasteiger partial charge in [-0.2, -0.15) is 28.1 Å². The molecule has 3 aromatic heterocycles. The van der Waals surface area contributed by atoms with Gasteiger partial charge in [-0.15, -0.1) is 0 Å². The molecule has 0 amide bonds. The van der Waals surface area contributed by atoms with Crippen molar-refractivity contribution in [1.82, 2.24) is 29.5 Å². The summed E-state index contributed by atoms with van der Waals surface area (Å²) < 4.78 is 45.2. The zero-order valence-corrected chi connectivity index (χ0v) is 22.2. The van der Waals surface area contributed by atoms with Crippen molar-refractivity contribution < 1.29 is 37.7 Å². The molecule has 41 heavy (non-hydrogen) atoms. The van der Waals surface area contributed by atoms with E-state index in [4.69, 9.17) is 25.1 Å². The van der Waals surface area contributed by atoms with Crippen molar-refractivity contribution in [3.63, 3.8) is 0 Å². The minimum Gasteiger partial charge on any atom is -0.497 e. The smallest absolute Gasteiger partial charge is 0.490 e. The van der Waals surface area contributed by atoms with E-state index in [1.807, 2.05) is 0 Å². The van der Waals surface area contributed by atoms with Gasteiger partial charge in [-0.25, -0.2) is 14.8 Å². The molecule has 0 fully saturated rings. The highest BCUT2D eigenvalue weighted by Gasteiger charge is 2.38. The Kier molecular flexibility index (Phi) is 8.97. The number of anilines is 1. The molecule has 1 aromatic carbocycles. The molecule has 0 aliphatic heterocycles. The van der Waals surface area contributed by atoms with Crippen LogP contribution in [0, 0.1) is 0 Å². The molecule has 0 saturated carbocycles. The van der Waals surface area contributed by atoms with E-state index in [9.17, 15) is 23.1 Å². The number of nitrogen functional groups attached to an aromatic ring is 1. The van der Waals surface area contributed by atoms with Crippen LogP contribution in [0.1, 0.15) is 13.8 Å². The second kappa shape index (κ2) is 12.0. The first-order chi connectivity index (χ1) is 19.1. The molecule has 13 nitrogen and oxygen atoms in total. The van der Waals surface area contributed by atoms with Crippen LogP contribution in [0.2, 0.25) is 0 Å². The lowest BCUT2D eigenvalue weighted by atomic mass is 10.1. The Morgan fingerprint density at radius 1 is 1.05 bits per heavy atom. The van der Waals surface area contributed by atoms with Gasteiger partial charge in [0.05, 0.1) is 50.1 Å². The number of carbonyl (C=O) groups is 1. The number of hydrogen-bond acceptors (Lipinski definition) is 10. The van der Waals surface area contributed by atoms with Crippen LogP contribution in [-0.2, 0) is 11.3 Å². The molecule has 218 valence electrons. The van der Waals surface area contributed by atoms with E-state index >= 15 is 0 Å². The SMILES string of the molecule is COc1cc(OC)cc(-n2nc(-c3nc(-c4cnn(CC(C)(C)O)c4)cnc3N)ccc2=O)c1.O=C(O)C(F)(F)F. The fourth-order valence-corrected chi connectivity index (χ4v) is 3.34. The number of aliphatic carboxylic acids is 1. The minimum absolute atomic E-state index is 0.161. The minimum atomic E-state index is -5.08. The molecule has 0 aliphatic carbocycles. The Bertz CT molecular complexity index is 1570. The van der Waals surface area contributed by atoms with Gasteiger partial charge in [0.1, 0.15) is 22.9 Å². The van der Waals surface area contributed by atoms with E-state index in [1.165, 1.54) is 37.2 Å². The van der Waals surface area contributed by atoms with Crippen LogP contribution in [-0.4, -0.2) is 71.7 Å². The molecule has 0 saturated heterocycles. The largest absolute Gasteiger partial charge is 0.497 e. The van der Waals surface area contributed by atoms with Crippen LogP contribution < -0.4 is 20.8 Å². The summed E-state index contributed by atoms with van der Waals surface area (Å²) in [5.41, 5.74) is 7.20. The van der Waals surface area contributed by atoms with Gasteiger partial charge >= 0.3 is 12.1 Å². The molecule has 4 rings (SSSR count). The van der Waals surface area contributed by atoms with Crippen LogP contribution in [0.15, 0.2) is 53.7 Å². The first kappa shape index (κ1) is 30.6. The number of halogens is 3. The molecule has 0 radical (unpaired) electrons. The number of benzene rings is 1. The Hall–Kier alpha value is -4.99. The first-order valence-corrected chi connectivity index (χ1v) is 11.6. The summed E-state index contributed by atoms with van der Waals surface area (Å²) in [7, 11) is 3.05. The highest BCUT2D eigenvalue weighted by Crippen LogP contribution is 2.27. The Morgan fingerprint density at radius 3 is 2.20 bits per heavy atom. The van der Waals surface area contributed by atoms with Gasteiger partial charge in [-0.3, -0.25) is 9.48 Å². The summed E-state index contributed by atoms with van der Waals surface area (Å²) in [6, 6.07) is 7.96. The maximum atomic E-state index is 12.6. The van der Waals surface area contributed by atoms with Gasteiger partial charge in [0, 0.05) is 36.0 Å². The Labute approximate surface area is 230 Å². The molecular weight excluding hydrogens is 551 g/mol. The topological polar surface area (TPSA) is 180 Å². The van der Waals surface area contributed by atoms with Crippen LogP contribution in [0.3, 0.4) is 0 Å². The number of carboxylic acid groups (broad SMARTS) is 1. The molecule has 0 aliphatic rings. The van der Waals surface area contributed by atoms with E-state index in [0.717, 1.165) is 0 Å². The third-order valence-corrected chi connectivity index (χ3v) is 5.14. The number of ether oxygens (including phenoxy) is 2. The fourth-order valence-electron chi connectivity index (χ4n) is 3.34. The van der Waals surface area contributed by atoms with Crippen molar-refractivity contribution in [2.45, 2.75) is 32.2 Å². The zero-order chi connectivity index (χ0) is 30.5. The number of hydrogen-bond donors (Lipinski definition) is 3. The highest BCUT2D eigenvalue weighted by molar-refractivity contribution is 5.73. The zero-order valence-electron chi connectivity index (χ0n) is 22.2. The second-order valence-corrected chi connectivity index (χ2v) is 9.07. The van der Waals surface area contributed by atoms with E-state index in [2.05, 4.69) is 20.2 Å². The van der Waals surface area contributed by atoms with Crippen molar-refractivity contribution >= 4 is 11.8 Å². The molecule has 16 heteroatoms. The van der Waals surface area contributed by atoms with E-state index in [1.54, 1.807) is 49.1 Å². The van der Waals surface area contributed by atoms with Crippen molar-refractivity contribution in [3.05, 3.63) is 59.3 Å². The van der Waals surface area contributed by atoms with E-state index < -0.39 is 17.7 Å². The van der Waals surface area contributed by atoms with Gasteiger partial charge in [-0.05, 0) is 19.9 Å². The number of aromatic nitrogens is 6. The summed E-state index contributed by atoms with van der Waals surface area (Å²) in [5.74, 6) is -1.57. The average Bonchev–Trinajstić information content (AvgIpc) is 3.35. The highest BCUT2D eigenvalue weighted by atomic mass is 19.4. The quantitative estimate of drug-likeness (QED) is 0.294. The number of aliphatic hydroxyl groups is 1. The Balaban J connectivity index is 0.000000587. The van der Waals surface area contributed by atoms with Crippen LogP contribution in [0.4, 0.5) is 19.0 Å². The lowest BCUT2D eigenvalue weighted by molar-refractivity contribution is -0.192. The van der Waals surface area contributed by atoms with Gasteiger partial charge in [-0.1, -0.05) is 0 Å². The standard InChI is InChI=1S/C23H25N7O4.C2HF3O2/c1-23(2,32)13-29-12-14(10-26-29)19-11-25-22(24)21(27-19)18-5-6-20(31)30(28-18)15-7-16(33-3)9-17(8-15)34-4;3-2(4,5)1(6)7/h5-12,32H,13H2,1-4H3,(H2,24,25);(H,6,7). The monoisotopic (exact) mass is 577 g/mol. The average molecular weight is 578 g/mol. The van der Waals surface area contributed by atoms with Crippen molar-refractivity contribution in [2.24, 2.45) is 0 Å². The predicted octanol–water partition coefficient (Wildman–Crippen LogP) is 2.56. The fraction of sp³-hybridized carbons (Fsp3) is 0.280. The molecule has 4 N–H and O–H groups in total. The van der Waals surface area contributed by atoms with E-state index in [-0.39, 0.29) is 11.4 Å². The van der Waals surface area contributed by atoms with Crippen LogP contribution in [0.5, 0.6) is 11.5 Å². The molecule has 3 heterocycles. The number of alkyl halides is 3. The number of nitrogens with zero attached hydrogens (tertiary/aromatic N) is 6. The third-order valence-electron chi connectivity index (χ3n) is 5.14. The van der Waals surface area contributed by atoms with Crippen molar-refractivity contribution in [3.8, 4) is 39.8 Å². The molecule has 0 unspecified atom stereocenters.